The maximum Gasteiger partial charge on any atom is 0.352 e. The number of hydrogen-bond donors (Lipinski definition) is 1. The SMILES string of the molecule is COc1cc(O)cc(OC)c1[C@H]1C2=CCn3c(=O)n(-c4ccccc4)c(=O)n3[C@@H]2C[C@H]2C(=O)C(C)=CC(=O)[C@@]12C. The summed E-state index contributed by atoms with van der Waals surface area (Å²) in [6.45, 7) is 3.49. The number of ketones is 2. The molecule has 1 aliphatic heterocycles. The molecule has 10 heteroatoms. The quantitative estimate of drug-likeness (QED) is 0.502. The van der Waals surface area contributed by atoms with Gasteiger partial charge in [-0.25, -0.2) is 23.5 Å². The first-order valence-corrected chi connectivity index (χ1v) is 13.0. The van der Waals surface area contributed by atoms with E-state index in [9.17, 15) is 24.3 Å². The third kappa shape index (κ3) is 3.34. The van der Waals surface area contributed by atoms with Crippen LogP contribution in [0.15, 0.2) is 75.4 Å². The molecule has 1 aromatic heterocycles. The first-order valence-electron chi connectivity index (χ1n) is 13.0. The Labute approximate surface area is 229 Å². The molecule has 1 N–H and O–H groups in total. The van der Waals surface area contributed by atoms with E-state index in [1.807, 2.05) is 6.08 Å². The van der Waals surface area contributed by atoms with Crippen LogP contribution in [0.25, 0.3) is 5.69 Å². The highest BCUT2D eigenvalue weighted by Crippen LogP contribution is 2.62. The van der Waals surface area contributed by atoms with Gasteiger partial charge in [-0.1, -0.05) is 31.2 Å². The molecule has 2 aromatic carbocycles. The lowest BCUT2D eigenvalue weighted by Crippen LogP contribution is -2.54. The summed E-state index contributed by atoms with van der Waals surface area (Å²) in [5.41, 5.74) is -0.251. The van der Waals surface area contributed by atoms with Crippen molar-refractivity contribution in [3.63, 3.8) is 0 Å². The monoisotopic (exact) mass is 543 g/mol. The number of fused-ring (bicyclic) bond motifs is 4. The van der Waals surface area contributed by atoms with Gasteiger partial charge in [0.05, 0.1) is 37.9 Å². The van der Waals surface area contributed by atoms with Crippen molar-refractivity contribution in [1.29, 1.82) is 0 Å². The Morgan fingerprint density at radius 1 is 0.975 bits per heavy atom. The number of hydrogen-bond acceptors (Lipinski definition) is 7. The molecule has 1 fully saturated rings. The summed E-state index contributed by atoms with van der Waals surface area (Å²) in [6.07, 6.45) is 3.42. The standard InChI is InChI=1S/C30H29N3O7/c1-16-12-24(35)30(2)20(27(16)36)15-21-19(26(30)25-22(39-3)13-18(34)14-23(25)40-4)10-11-31-28(37)32(29(38)33(21)31)17-8-6-5-7-9-17/h5-10,12-14,20-21,26,34H,11,15H2,1-4H3/t20-,21+,26+,30-/m0/s1. The van der Waals surface area contributed by atoms with E-state index in [2.05, 4.69) is 0 Å². The molecule has 3 aliphatic rings. The Morgan fingerprint density at radius 2 is 1.62 bits per heavy atom. The van der Waals surface area contributed by atoms with Crippen LogP contribution in [0.5, 0.6) is 17.2 Å². The maximum atomic E-state index is 13.9. The van der Waals surface area contributed by atoms with Crippen molar-refractivity contribution < 1.29 is 24.2 Å². The van der Waals surface area contributed by atoms with Crippen molar-refractivity contribution in [3.05, 3.63) is 92.3 Å². The zero-order chi connectivity index (χ0) is 28.5. The van der Waals surface area contributed by atoms with E-state index in [4.69, 9.17) is 9.47 Å². The van der Waals surface area contributed by atoms with Gasteiger partial charge in [-0.3, -0.25) is 9.59 Å². The predicted molar refractivity (Wildman–Crippen MR) is 145 cm³/mol. The van der Waals surface area contributed by atoms with Crippen LogP contribution < -0.4 is 20.9 Å². The number of ether oxygens (including phenoxy) is 2. The first kappa shape index (κ1) is 25.7. The molecular formula is C30H29N3O7. The van der Waals surface area contributed by atoms with Gasteiger partial charge in [0.25, 0.3) is 0 Å². The average molecular weight is 544 g/mol. The molecule has 10 nitrogen and oxygen atoms in total. The summed E-state index contributed by atoms with van der Waals surface area (Å²) >= 11 is 0. The van der Waals surface area contributed by atoms with Crippen LogP contribution in [-0.4, -0.2) is 44.8 Å². The van der Waals surface area contributed by atoms with Crippen molar-refractivity contribution in [3.8, 4) is 22.9 Å². The summed E-state index contributed by atoms with van der Waals surface area (Å²) in [5.74, 6) is -1.45. The summed E-state index contributed by atoms with van der Waals surface area (Å²) in [6, 6.07) is 10.9. The molecule has 0 radical (unpaired) electrons. The molecule has 0 spiro atoms. The minimum absolute atomic E-state index is 0.0871. The maximum absolute atomic E-state index is 13.9. The van der Waals surface area contributed by atoms with Crippen LogP contribution in [0.4, 0.5) is 0 Å². The number of aromatic nitrogens is 3. The van der Waals surface area contributed by atoms with Gasteiger partial charge in [0.15, 0.2) is 11.6 Å². The molecule has 40 heavy (non-hydrogen) atoms. The number of allylic oxidation sites excluding steroid dienone is 4. The Kier molecular flexibility index (Phi) is 5.76. The number of aromatic hydroxyl groups is 1. The number of nitrogens with zero attached hydrogens (tertiary/aromatic N) is 3. The minimum Gasteiger partial charge on any atom is -0.508 e. The normalized spacial score (nSPS) is 25.4. The summed E-state index contributed by atoms with van der Waals surface area (Å²) < 4.78 is 15.3. The molecular weight excluding hydrogens is 514 g/mol. The number of rotatable bonds is 4. The van der Waals surface area contributed by atoms with Gasteiger partial charge in [0.2, 0.25) is 0 Å². The average Bonchev–Trinajstić information content (AvgIpc) is 3.21. The lowest BCUT2D eigenvalue weighted by molar-refractivity contribution is -0.139. The lowest BCUT2D eigenvalue weighted by atomic mass is 9.51. The Hall–Kier alpha value is -4.60. The van der Waals surface area contributed by atoms with Crippen molar-refractivity contribution in [1.82, 2.24) is 13.9 Å². The van der Waals surface area contributed by atoms with Gasteiger partial charge < -0.3 is 14.6 Å². The number of benzene rings is 2. The number of para-hydroxylation sites is 1. The third-order valence-corrected chi connectivity index (χ3v) is 8.77. The molecule has 3 aromatic rings. The molecule has 1 saturated carbocycles. The molecule has 0 amide bonds. The predicted octanol–water partition coefficient (Wildman–Crippen LogP) is 2.91. The van der Waals surface area contributed by atoms with Crippen molar-refractivity contribution in [2.45, 2.75) is 38.8 Å². The van der Waals surface area contributed by atoms with Gasteiger partial charge >= 0.3 is 11.4 Å². The van der Waals surface area contributed by atoms with Crippen molar-refractivity contribution in [2.24, 2.45) is 11.3 Å². The van der Waals surface area contributed by atoms with Crippen molar-refractivity contribution in [2.75, 3.05) is 14.2 Å². The number of phenolic OH excluding ortho intramolecular Hbond substituents is 1. The summed E-state index contributed by atoms with van der Waals surface area (Å²) in [7, 11) is 2.90. The summed E-state index contributed by atoms with van der Waals surface area (Å²) in [4.78, 5) is 55.0. The van der Waals surface area contributed by atoms with Crippen LogP contribution in [0.2, 0.25) is 0 Å². The van der Waals surface area contributed by atoms with E-state index in [-0.39, 0.29) is 41.8 Å². The molecule has 4 atom stereocenters. The largest absolute Gasteiger partial charge is 0.508 e. The number of Topliss-reactive ketones (excluding diaryl/α,β-unsaturated/α-hetero) is 1. The van der Waals surface area contributed by atoms with E-state index in [1.54, 1.807) is 44.2 Å². The van der Waals surface area contributed by atoms with Crippen LogP contribution in [0.1, 0.15) is 37.8 Å². The highest BCUT2D eigenvalue weighted by Gasteiger charge is 2.60. The van der Waals surface area contributed by atoms with E-state index in [0.29, 0.717) is 22.4 Å². The fraction of sp³-hybridized carbons (Fsp3) is 0.333. The number of carbonyl (C=O) groups is 2. The Bertz CT molecular complexity index is 1730. The van der Waals surface area contributed by atoms with Gasteiger partial charge in [0, 0.05) is 29.5 Å². The fourth-order valence-corrected chi connectivity index (χ4v) is 6.86. The van der Waals surface area contributed by atoms with Gasteiger partial charge in [0.1, 0.15) is 17.2 Å². The molecule has 0 bridgehead atoms. The van der Waals surface area contributed by atoms with Crippen LogP contribution in [0.3, 0.4) is 0 Å². The highest BCUT2D eigenvalue weighted by atomic mass is 16.5. The van der Waals surface area contributed by atoms with E-state index < -0.39 is 34.7 Å². The van der Waals surface area contributed by atoms with E-state index >= 15 is 0 Å². The number of methoxy groups -OCH3 is 2. The fourth-order valence-electron chi connectivity index (χ4n) is 6.86. The van der Waals surface area contributed by atoms with Gasteiger partial charge in [-0.2, -0.15) is 0 Å². The van der Waals surface area contributed by atoms with Crippen LogP contribution >= 0.6 is 0 Å². The molecule has 0 saturated heterocycles. The first-order chi connectivity index (χ1) is 19.1. The highest BCUT2D eigenvalue weighted by molar-refractivity contribution is 6.13. The second kappa shape index (κ2) is 8.97. The topological polar surface area (TPSA) is 122 Å². The lowest BCUT2D eigenvalue weighted by Gasteiger charge is -2.52. The second-order valence-electron chi connectivity index (χ2n) is 10.7. The smallest absolute Gasteiger partial charge is 0.352 e. The Balaban J connectivity index is 1.65. The van der Waals surface area contributed by atoms with Crippen molar-refractivity contribution >= 4 is 11.6 Å². The van der Waals surface area contributed by atoms with Crippen LogP contribution in [-0.2, 0) is 16.1 Å². The molecule has 6 rings (SSSR count). The third-order valence-electron chi connectivity index (χ3n) is 8.77. The molecule has 206 valence electrons. The number of carbonyl (C=O) groups excluding carboxylic acids is 2. The zero-order valence-electron chi connectivity index (χ0n) is 22.6. The van der Waals surface area contributed by atoms with Crippen LogP contribution in [0, 0.1) is 11.3 Å². The molecule has 0 unspecified atom stereocenters. The second-order valence-corrected chi connectivity index (χ2v) is 10.7. The van der Waals surface area contributed by atoms with E-state index in [0.717, 1.165) is 4.57 Å². The summed E-state index contributed by atoms with van der Waals surface area (Å²) in [5, 5.41) is 10.4. The number of phenols is 1. The Morgan fingerprint density at radius 3 is 2.25 bits per heavy atom. The van der Waals surface area contributed by atoms with Gasteiger partial charge in [-0.05, 0) is 42.7 Å². The van der Waals surface area contributed by atoms with E-state index in [1.165, 1.54) is 41.8 Å². The zero-order valence-corrected chi connectivity index (χ0v) is 22.6. The molecule has 2 aliphatic carbocycles. The van der Waals surface area contributed by atoms with Gasteiger partial charge in [-0.15, -0.1) is 0 Å². The molecule has 2 heterocycles. The minimum atomic E-state index is -1.23.